The van der Waals surface area contributed by atoms with Crippen LogP contribution in [0.25, 0.3) is 10.9 Å². The number of benzene rings is 2. The predicted molar refractivity (Wildman–Crippen MR) is 113 cm³/mol. The number of nitrogens with zero attached hydrogens (tertiary/aromatic N) is 2. The lowest BCUT2D eigenvalue weighted by Gasteiger charge is -2.28. The number of ether oxygens (including phenoxy) is 1. The van der Waals surface area contributed by atoms with Gasteiger partial charge in [0.1, 0.15) is 5.82 Å². The van der Waals surface area contributed by atoms with Gasteiger partial charge in [-0.1, -0.05) is 23.7 Å². The van der Waals surface area contributed by atoms with Gasteiger partial charge in [0.05, 0.1) is 25.2 Å². The Balaban J connectivity index is 1.51. The molecule has 1 amide bonds. The Kier molecular flexibility index (Phi) is 5.46. The molecule has 2 aromatic carbocycles. The number of rotatable bonds is 4. The van der Waals surface area contributed by atoms with Crippen LogP contribution in [0.5, 0.6) is 0 Å². The van der Waals surface area contributed by atoms with E-state index in [1.807, 2.05) is 30.3 Å². The van der Waals surface area contributed by atoms with Crippen LogP contribution in [0.15, 0.2) is 48.5 Å². The molecule has 0 spiro atoms. The number of anilines is 2. The van der Waals surface area contributed by atoms with Crippen molar-refractivity contribution < 1.29 is 9.53 Å². The van der Waals surface area contributed by atoms with Crippen LogP contribution in [0, 0.1) is 6.92 Å². The van der Waals surface area contributed by atoms with E-state index in [2.05, 4.69) is 23.2 Å². The van der Waals surface area contributed by atoms with Crippen LogP contribution < -0.4 is 10.2 Å². The van der Waals surface area contributed by atoms with E-state index in [1.165, 1.54) is 0 Å². The highest BCUT2D eigenvalue weighted by Crippen LogP contribution is 2.26. The number of halogens is 1. The Morgan fingerprint density at radius 1 is 1.14 bits per heavy atom. The number of aryl methyl sites for hydroxylation is 1. The highest BCUT2D eigenvalue weighted by atomic mass is 35.5. The maximum Gasteiger partial charge on any atom is 0.228 e. The fourth-order valence-corrected chi connectivity index (χ4v) is 3.53. The minimum Gasteiger partial charge on any atom is -0.378 e. The second-order valence-corrected chi connectivity index (χ2v) is 7.42. The van der Waals surface area contributed by atoms with Crippen molar-refractivity contribution in [1.82, 2.24) is 4.98 Å². The van der Waals surface area contributed by atoms with Gasteiger partial charge in [0.15, 0.2) is 0 Å². The Morgan fingerprint density at radius 3 is 2.64 bits per heavy atom. The highest BCUT2D eigenvalue weighted by molar-refractivity contribution is 6.30. The van der Waals surface area contributed by atoms with Crippen molar-refractivity contribution in [1.29, 1.82) is 0 Å². The summed E-state index contributed by atoms with van der Waals surface area (Å²) in [6.07, 6.45) is 0.308. The van der Waals surface area contributed by atoms with Crippen molar-refractivity contribution in [2.24, 2.45) is 0 Å². The molecule has 1 aliphatic rings. The molecule has 0 bridgehead atoms. The van der Waals surface area contributed by atoms with E-state index in [9.17, 15) is 4.79 Å². The summed E-state index contributed by atoms with van der Waals surface area (Å²) in [6, 6.07) is 15.3. The number of amides is 1. The van der Waals surface area contributed by atoms with E-state index < -0.39 is 0 Å². The molecule has 0 atom stereocenters. The molecule has 4 rings (SSSR count). The number of morpholine rings is 1. The topological polar surface area (TPSA) is 54.5 Å². The first-order valence-corrected chi connectivity index (χ1v) is 9.75. The van der Waals surface area contributed by atoms with Gasteiger partial charge >= 0.3 is 0 Å². The summed E-state index contributed by atoms with van der Waals surface area (Å²) < 4.78 is 5.42. The third-order valence-electron chi connectivity index (χ3n) is 4.90. The molecule has 5 nitrogen and oxygen atoms in total. The zero-order chi connectivity index (χ0) is 19.5. The molecule has 144 valence electrons. The van der Waals surface area contributed by atoms with Gasteiger partial charge in [0.2, 0.25) is 5.91 Å². The zero-order valence-corrected chi connectivity index (χ0v) is 16.5. The monoisotopic (exact) mass is 395 g/mol. The molecule has 0 saturated carbocycles. The number of hydrogen-bond donors (Lipinski definition) is 1. The first-order chi connectivity index (χ1) is 13.6. The number of nitrogens with one attached hydrogen (secondary N) is 1. The lowest BCUT2D eigenvalue weighted by Crippen LogP contribution is -2.36. The smallest absolute Gasteiger partial charge is 0.228 e. The van der Waals surface area contributed by atoms with Gasteiger partial charge < -0.3 is 15.0 Å². The van der Waals surface area contributed by atoms with Gasteiger partial charge in [-0.05, 0) is 54.4 Å². The molecule has 1 saturated heterocycles. The van der Waals surface area contributed by atoms with E-state index in [0.717, 1.165) is 59.8 Å². The summed E-state index contributed by atoms with van der Waals surface area (Å²) in [5, 5.41) is 4.68. The van der Waals surface area contributed by atoms with Crippen molar-refractivity contribution >= 4 is 39.9 Å². The highest BCUT2D eigenvalue weighted by Gasteiger charge is 2.14. The van der Waals surface area contributed by atoms with Gasteiger partial charge in [-0.25, -0.2) is 4.98 Å². The van der Waals surface area contributed by atoms with Crippen LogP contribution in [0.3, 0.4) is 0 Å². The Bertz CT molecular complexity index is 999. The van der Waals surface area contributed by atoms with Crippen LogP contribution in [0.2, 0.25) is 5.02 Å². The second kappa shape index (κ2) is 8.17. The third kappa shape index (κ3) is 4.26. The van der Waals surface area contributed by atoms with Crippen LogP contribution >= 0.6 is 11.6 Å². The van der Waals surface area contributed by atoms with Crippen molar-refractivity contribution in [3.63, 3.8) is 0 Å². The molecular weight excluding hydrogens is 374 g/mol. The number of carbonyl (C=O) groups excluding carboxylic acids is 1. The van der Waals surface area contributed by atoms with Crippen molar-refractivity contribution in [2.45, 2.75) is 13.3 Å². The van der Waals surface area contributed by atoms with Gasteiger partial charge in [0, 0.05) is 29.2 Å². The quantitative estimate of drug-likeness (QED) is 0.718. The molecule has 6 heteroatoms. The fourth-order valence-electron chi connectivity index (χ4n) is 3.40. The number of fused-ring (bicyclic) bond motifs is 1. The molecule has 3 aromatic rings. The summed E-state index contributed by atoms with van der Waals surface area (Å²) in [4.78, 5) is 19.4. The molecule has 1 fully saturated rings. The second-order valence-electron chi connectivity index (χ2n) is 6.98. The largest absolute Gasteiger partial charge is 0.378 e. The first kappa shape index (κ1) is 18.7. The van der Waals surface area contributed by atoms with Crippen LogP contribution in [-0.2, 0) is 16.0 Å². The van der Waals surface area contributed by atoms with E-state index in [1.54, 1.807) is 12.1 Å². The van der Waals surface area contributed by atoms with Crippen LogP contribution in [-0.4, -0.2) is 37.2 Å². The van der Waals surface area contributed by atoms with Gasteiger partial charge in [0.25, 0.3) is 0 Å². The van der Waals surface area contributed by atoms with Crippen molar-refractivity contribution in [3.05, 3.63) is 64.7 Å². The number of carbonyl (C=O) groups is 1. The zero-order valence-electron chi connectivity index (χ0n) is 15.7. The predicted octanol–water partition coefficient (Wildman–Crippen LogP) is 4.21. The van der Waals surface area contributed by atoms with E-state index in [4.69, 9.17) is 21.3 Å². The van der Waals surface area contributed by atoms with Gasteiger partial charge in [-0.15, -0.1) is 0 Å². The number of pyridine rings is 1. The molecule has 2 heterocycles. The summed E-state index contributed by atoms with van der Waals surface area (Å²) in [5.41, 5.74) is 3.77. The minimum absolute atomic E-state index is 0.0581. The molecule has 0 aliphatic carbocycles. The fraction of sp³-hybridized carbons (Fsp3) is 0.273. The molecule has 1 aliphatic heterocycles. The normalized spacial score (nSPS) is 14.3. The van der Waals surface area contributed by atoms with Crippen LogP contribution in [0.4, 0.5) is 11.5 Å². The molecule has 1 N–H and O–H groups in total. The van der Waals surface area contributed by atoms with E-state index in [-0.39, 0.29) is 5.91 Å². The average Bonchev–Trinajstić information content (AvgIpc) is 2.71. The van der Waals surface area contributed by atoms with E-state index >= 15 is 0 Å². The lowest BCUT2D eigenvalue weighted by atomic mass is 10.1. The summed E-state index contributed by atoms with van der Waals surface area (Å²) in [5.74, 6) is 0.921. The third-order valence-corrected chi connectivity index (χ3v) is 5.15. The number of aromatic nitrogens is 1. The van der Waals surface area contributed by atoms with Crippen LogP contribution in [0.1, 0.15) is 11.1 Å². The Morgan fingerprint density at radius 2 is 1.89 bits per heavy atom. The minimum atomic E-state index is -0.0581. The molecular formula is C22H22ClN3O2. The molecule has 1 aromatic heterocycles. The standard InChI is InChI=1S/C22H22ClN3O2/c1-15-12-21(26-8-10-28-11-9-26)25-20-7-6-18(14-19(15)20)24-22(27)13-16-2-4-17(23)5-3-16/h2-7,12,14H,8-11,13H2,1H3,(H,24,27). The maximum absolute atomic E-state index is 12.4. The van der Waals surface area contributed by atoms with Gasteiger partial charge in [-0.2, -0.15) is 0 Å². The van der Waals surface area contributed by atoms with Gasteiger partial charge in [-0.3, -0.25) is 4.79 Å². The lowest BCUT2D eigenvalue weighted by molar-refractivity contribution is -0.115. The summed E-state index contributed by atoms with van der Waals surface area (Å²) in [6.45, 7) is 5.26. The SMILES string of the molecule is Cc1cc(N2CCOCC2)nc2ccc(NC(=O)Cc3ccc(Cl)cc3)cc12. The average molecular weight is 396 g/mol. The summed E-state index contributed by atoms with van der Waals surface area (Å²) >= 11 is 5.89. The summed E-state index contributed by atoms with van der Waals surface area (Å²) in [7, 11) is 0. The Hall–Kier alpha value is -2.63. The molecule has 28 heavy (non-hydrogen) atoms. The van der Waals surface area contributed by atoms with E-state index in [0.29, 0.717) is 11.4 Å². The van der Waals surface area contributed by atoms with Crippen molar-refractivity contribution in [2.75, 3.05) is 36.5 Å². The maximum atomic E-state index is 12.4. The Labute approximate surface area is 169 Å². The molecule has 0 unspecified atom stereocenters. The number of hydrogen-bond acceptors (Lipinski definition) is 4. The molecule has 0 radical (unpaired) electrons. The van der Waals surface area contributed by atoms with Crippen molar-refractivity contribution in [3.8, 4) is 0 Å². The first-order valence-electron chi connectivity index (χ1n) is 9.37.